The number of nitrogens with zero attached hydrogens (tertiary/aromatic N) is 2. The summed E-state index contributed by atoms with van der Waals surface area (Å²) in [5, 5.41) is 0.485. The van der Waals surface area contributed by atoms with Crippen LogP contribution in [-0.2, 0) is 44.3 Å². The van der Waals surface area contributed by atoms with E-state index < -0.39 is 11.4 Å². The quantitative estimate of drug-likeness (QED) is 0.0810. The van der Waals surface area contributed by atoms with Crippen LogP contribution >= 0.6 is 28.7 Å². The number of rotatable bonds is 18. The fourth-order valence-electron chi connectivity index (χ4n) is 4.45. The number of fused-ring (bicyclic) bond motifs is 1. The summed E-state index contributed by atoms with van der Waals surface area (Å²) in [5.41, 5.74) is 0.484. The predicted molar refractivity (Wildman–Crippen MR) is 181 cm³/mol. The van der Waals surface area contributed by atoms with E-state index in [9.17, 15) is 4.79 Å². The first-order chi connectivity index (χ1) is 21.2. The Labute approximate surface area is 272 Å². The van der Waals surface area contributed by atoms with Gasteiger partial charge in [0.15, 0.2) is 12.4 Å². The van der Waals surface area contributed by atoms with Crippen molar-refractivity contribution in [1.82, 2.24) is 9.47 Å². The zero-order valence-corrected chi connectivity index (χ0v) is 28.6. The van der Waals surface area contributed by atoms with Crippen molar-refractivity contribution in [1.29, 1.82) is 0 Å². The van der Waals surface area contributed by atoms with Gasteiger partial charge in [-0.3, -0.25) is 9.09 Å². The summed E-state index contributed by atoms with van der Waals surface area (Å²) in [6, 6.07) is 21.2. The van der Waals surface area contributed by atoms with E-state index >= 15 is 0 Å². The molecular formula is C31H38ClN2O7PS2. The molecule has 13 heteroatoms. The highest BCUT2D eigenvalue weighted by molar-refractivity contribution is 8.67. The van der Waals surface area contributed by atoms with E-state index in [4.69, 9.17) is 51.1 Å². The molecular weight excluding hydrogens is 643 g/mol. The molecule has 0 radical (unpaired) electrons. The van der Waals surface area contributed by atoms with Crippen molar-refractivity contribution < 1.29 is 27.7 Å². The Morgan fingerprint density at radius 2 is 1.89 bits per heavy atom. The van der Waals surface area contributed by atoms with Gasteiger partial charge in [-0.2, -0.15) is 0 Å². The highest BCUT2D eigenvalue weighted by Crippen LogP contribution is 2.61. The lowest BCUT2D eigenvalue weighted by Crippen LogP contribution is -2.34. The first-order valence-corrected chi connectivity index (χ1v) is 18.7. The van der Waals surface area contributed by atoms with Crippen LogP contribution < -0.4 is 15.2 Å². The molecule has 4 rings (SSSR count). The zero-order chi connectivity index (χ0) is 31.5. The molecule has 0 amide bonds. The van der Waals surface area contributed by atoms with Crippen LogP contribution in [0.1, 0.15) is 18.1 Å². The van der Waals surface area contributed by atoms with Crippen LogP contribution in [0.4, 0.5) is 0 Å². The molecule has 0 N–H and O–H groups in total. The van der Waals surface area contributed by atoms with Gasteiger partial charge in [0, 0.05) is 17.6 Å². The average molecular weight is 681 g/mol. The van der Waals surface area contributed by atoms with Crippen LogP contribution in [0.2, 0.25) is 5.02 Å². The minimum atomic E-state index is -2.85. The maximum absolute atomic E-state index is 12.5. The molecule has 0 fully saturated rings. The van der Waals surface area contributed by atoms with Crippen molar-refractivity contribution in [3.8, 4) is 11.5 Å². The first-order valence-electron chi connectivity index (χ1n) is 14.1. The zero-order valence-electron chi connectivity index (χ0n) is 25.3. The molecule has 9 nitrogen and oxygen atoms in total. The van der Waals surface area contributed by atoms with Crippen molar-refractivity contribution in [3.05, 3.63) is 93.4 Å². The van der Waals surface area contributed by atoms with Crippen LogP contribution in [0.25, 0.3) is 11.1 Å². The minimum Gasteiger partial charge on any atom is -0.497 e. The molecule has 0 aliphatic heterocycles. The third-order valence-electron chi connectivity index (χ3n) is 6.56. The molecule has 0 aliphatic rings. The van der Waals surface area contributed by atoms with E-state index in [0.717, 1.165) is 29.9 Å². The number of methoxy groups -OCH3 is 1. The Kier molecular flexibility index (Phi) is 13.2. The number of likely N-dealkylation sites (N-methyl/N-ethyl adjacent to an activating group) is 1. The molecule has 1 aromatic heterocycles. The predicted octanol–water partition coefficient (Wildman–Crippen LogP) is 6.99. The fourth-order valence-corrected chi connectivity index (χ4v) is 8.38. The monoisotopic (exact) mass is 680 g/mol. The van der Waals surface area contributed by atoms with Crippen LogP contribution in [0.15, 0.2) is 75.9 Å². The van der Waals surface area contributed by atoms with E-state index in [1.807, 2.05) is 56.3 Å². The van der Waals surface area contributed by atoms with E-state index in [1.165, 1.54) is 21.5 Å². The Bertz CT molecular complexity index is 1610. The summed E-state index contributed by atoms with van der Waals surface area (Å²) >= 11 is 13.1. The molecule has 2 unspecified atom stereocenters. The van der Waals surface area contributed by atoms with E-state index in [1.54, 1.807) is 25.3 Å². The molecule has 44 heavy (non-hydrogen) atoms. The number of aromatic nitrogens is 1. The molecule has 0 saturated heterocycles. The maximum atomic E-state index is 12.5. The van der Waals surface area contributed by atoms with Gasteiger partial charge in [-0.1, -0.05) is 41.9 Å². The summed E-state index contributed by atoms with van der Waals surface area (Å²) in [4.78, 5) is 14.5. The van der Waals surface area contributed by atoms with Gasteiger partial charge in [-0.25, -0.2) is 4.79 Å². The van der Waals surface area contributed by atoms with E-state index in [2.05, 4.69) is 18.2 Å². The molecule has 3 aromatic carbocycles. The smallest absolute Gasteiger partial charge is 0.420 e. The lowest BCUT2D eigenvalue weighted by Gasteiger charge is -2.25. The van der Waals surface area contributed by atoms with Gasteiger partial charge in [-0.05, 0) is 98.5 Å². The highest BCUT2D eigenvalue weighted by Gasteiger charge is 2.23. The molecule has 0 aliphatic carbocycles. The molecule has 238 valence electrons. The Hall–Kier alpha value is -2.34. The highest BCUT2D eigenvalue weighted by atomic mass is 35.5. The number of ether oxygens (including phenoxy) is 3. The minimum absolute atomic E-state index is 0.0831. The second-order valence-corrected chi connectivity index (χ2v) is 16.8. The van der Waals surface area contributed by atoms with Crippen molar-refractivity contribution in [2.24, 2.45) is 0 Å². The summed E-state index contributed by atoms with van der Waals surface area (Å²) in [6.45, 7) is 3.06. The normalized spacial score (nSPS) is 13.7. The molecule has 0 bridgehead atoms. The van der Waals surface area contributed by atoms with Crippen LogP contribution in [0.3, 0.4) is 0 Å². The number of aryl methyl sites for hydroxylation is 2. The van der Waals surface area contributed by atoms with Gasteiger partial charge in [0.05, 0.1) is 25.1 Å². The second-order valence-electron chi connectivity index (χ2n) is 10.1. The SMILES string of the molecule is CCOP(=S)(OCOC(COc1ccccc1CCc1cccc(OC)c1)CN(C)C)SCn1c(=O)oc2cc(Cl)ccc21. The summed E-state index contributed by atoms with van der Waals surface area (Å²) in [7, 11) is 5.62. The Morgan fingerprint density at radius 1 is 1.07 bits per heavy atom. The van der Waals surface area contributed by atoms with Gasteiger partial charge < -0.3 is 28.1 Å². The van der Waals surface area contributed by atoms with E-state index in [0.29, 0.717) is 35.9 Å². The van der Waals surface area contributed by atoms with Crippen LogP contribution in [-0.4, -0.2) is 63.3 Å². The molecule has 0 spiro atoms. The number of oxazole rings is 1. The third kappa shape index (κ3) is 10.1. The average Bonchev–Trinajstić information content (AvgIpc) is 3.31. The van der Waals surface area contributed by atoms with Gasteiger partial charge in [0.1, 0.15) is 24.2 Å². The summed E-state index contributed by atoms with van der Waals surface area (Å²) < 4.78 is 36.5. The van der Waals surface area contributed by atoms with Gasteiger partial charge in [0.2, 0.25) is 0 Å². The summed E-state index contributed by atoms with van der Waals surface area (Å²) in [6.07, 6.45) is 1.39. The molecule has 2 atom stereocenters. The molecule has 0 saturated carbocycles. The third-order valence-corrected chi connectivity index (χ3v) is 12.0. The summed E-state index contributed by atoms with van der Waals surface area (Å²) in [5.74, 6) is 1.36. The van der Waals surface area contributed by atoms with Crippen molar-refractivity contribution in [2.75, 3.05) is 47.8 Å². The van der Waals surface area contributed by atoms with Crippen molar-refractivity contribution in [3.63, 3.8) is 0 Å². The second kappa shape index (κ2) is 16.8. The number of hydrogen-bond donors (Lipinski definition) is 0. The topological polar surface area (TPSA) is 84.5 Å². The maximum Gasteiger partial charge on any atom is 0.420 e. The number of halogens is 1. The number of para-hydroxylation sites is 1. The Balaban J connectivity index is 1.34. The lowest BCUT2D eigenvalue weighted by atomic mass is 10.0. The lowest BCUT2D eigenvalue weighted by molar-refractivity contribution is -0.0598. The van der Waals surface area contributed by atoms with Gasteiger partial charge >= 0.3 is 5.76 Å². The molecule has 1 heterocycles. The number of benzene rings is 3. The number of hydrogen-bond acceptors (Lipinski definition) is 10. The van der Waals surface area contributed by atoms with Crippen molar-refractivity contribution in [2.45, 2.75) is 31.7 Å². The largest absolute Gasteiger partial charge is 0.497 e. The van der Waals surface area contributed by atoms with Crippen LogP contribution in [0, 0.1) is 0 Å². The Morgan fingerprint density at radius 3 is 2.66 bits per heavy atom. The fraction of sp³-hybridized carbons (Fsp3) is 0.387. The standard InChI is InChI=1S/C31H38ClN2O7PS2/c1-5-39-42(43,44-21-34-28-16-15-25(32)18-30(28)41-31(34)35)40-22-38-27(19-33(2)3)20-37-29-12-7-6-10-24(29)14-13-23-9-8-11-26(17-23)36-4/h6-12,15-18,27H,5,13-14,19-22H2,1-4H3. The van der Waals surface area contributed by atoms with Crippen LogP contribution in [0.5, 0.6) is 11.5 Å². The van der Waals surface area contributed by atoms with Crippen molar-refractivity contribution >= 4 is 51.6 Å². The van der Waals surface area contributed by atoms with E-state index in [-0.39, 0.29) is 18.8 Å². The first kappa shape index (κ1) is 34.5. The van der Waals surface area contributed by atoms with Gasteiger partial charge in [0.25, 0.3) is 5.69 Å². The molecule has 4 aromatic rings. The van der Waals surface area contributed by atoms with Gasteiger partial charge in [-0.15, -0.1) is 0 Å².